The first-order valence-electron chi connectivity index (χ1n) is 5.43. The maximum absolute atomic E-state index is 11.4. The van der Waals surface area contributed by atoms with Crippen LogP contribution in [-0.2, 0) is 9.59 Å². The molecule has 1 aliphatic rings. The molecule has 1 rings (SSSR count). The third-order valence-corrected chi connectivity index (χ3v) is 3.39. The fraction of sp³-hybridized carbons (Fsp3) is 0.818. The van der Waals surface area contributed by atoms with Gasteiger partial charge in [-0.15, -0.1) is 0 Å². The Hall–Kier alpha value is -0.860. The molecule has 14 heavy (non-hydrogen) atoms. The smallest absolute Gasteiger partial charge is 0.229 e. The van der Waals surface area contributed by atoms with Crippen LogP contribution in [0.25, 0.3) is 0 Å². The van der Waals surface area contributed by atoms with Crippen LogP contribution >= 0.6 is 0 Å². The summed E-state index contributed by atoms with van der Waals surface area (Å²) in [4.78, 5) is 22.7. The molecule has 3 heteroatoms. The molecule has 1 N–H and O–H groups in total. The number of hydrogen-bond donors (Lipinski definition) is 1. The van der Waals surface area contributed by atoms with E-state index >= 15 is 0 Å². The largest absolute Gasteiger partial charge is 0.296 e. The van der Waals surface area contributed by atoms with Crippen LogP contribution in [0.1, 0.15) is 40.0 Å². The lowest BCUT2D eigenvalue weighted by atomic mass is 9.75. The Balaban J connectivity index is 2.74. The van der Waals surface area contributed by atoms with Gasteiger partial charge in [0.15, 0.2) is 0 Å². The second kappa shape index (κ2) is 4.58. The number of amides is 2. The van der Waals surface area contributed by atoms with Crippen molar-refractivity contribution >= 4 is 11.8 Å². The number of imide groups is 1. The summed E-state index contributed by atoms with van der Waals surface area (Å²) in [6.45, 7) is 6.17. The van der Waals surface area contributed by atoms with E-state index in [2.05, 4.69) is 19.2 Å². The van der Waals surface area contributed by atoms with Crippen molar-refractivity contribution in [2.24, 2.45) is 17.8 Å². The van der Waals surface area contributed by atoms with Crippen molar-refractivity contribution in [3.63, 3.8) is 0 Å². The zero-order valence-corrected chi connectivity index (χ0v) is 9.17. The number of carbonyl (C=O) groups is 2. The minimum absolute atomic E-state index is 0.0161. The first-order valence-corrected chi connectivity index (χ1v) is 5.43. The third-order valence-electron chi connectivity index (χ3n) is 3.39. The first-order chi connectivity index (χ1) is 6.60. The van der Waals surface area contributed by atoms with Crippen molar-refractivity contribution in [1.82, 2.24) is 5.32 Å². The lowest BCUT2D eigenvalue weighted by molar-refractivity contribution is -0.139. The highest BCUT2D eigenvalue weighted by molar-refractivity contribution is 5.98. The van der Waals surface area contributed by atoms with Crippen LogP contribution in [0.4, 0.5) is 0 Å². The Bertz CT molecular complexity index is 233. The number of nitrogens with one attached hydrogen (secondary N) is 1. The predicted octanol–water partition coefficient (Wildman–Crippen LogP) is 1.72. The van der Waals surface area contributed by atoms with Crippen molar-refractivity contribution in [3.05, 3.63) is 0 Å². The molecule has 0 aromatic heterocycles. The van der Waals surface area contributed by atoms with E-state index in [0.717, 1.165) is 12.8 Å². The number of carbonyl (C=O) groups excluding carboxylic acids is 2. The molecule has 2 atom stereocenters. The van der Waals surface area contributed by atoms with Gasteiger partial charge in [0.2, 0.25) is 11.8 Å². The Kier molecular flexibility index (Phi) is 3.67. The SMILES string of the molecule is CCC(CC)C1CC(=O)NC(=O)C1C. The highest BCUT2D eigenvalue weighted by atomic mass is 16.2. The summed E-state index contributed by atoms with van der Waals surface area (Å²) in [5.41, 5.74) is 0. The fourth-order valence-corrected chi connectivity index (χ4v) is 2.36. The highest BCUT2D eigenvalue weighted by Crippen LogP contribution is 2.31. The van der Waals surface area contributed by atoms with E-state index in [1.54, 1.807) is 0 Å². The van der Waals surface area contributed by atoms with Crippen LogP contribution < -0.4 is 5.32 Å². The average Bonchev–Trinajstić information content (AvgIpc) is 2.15. The van der Waals surface area contributed by atoms with Crippen LogP contribution in [-0.4, -0.2) is 11.8 Å². The monoisotopic (exact) mass is 197 g/mol. The summed E-state index contributed by atoms with van der Waals surface area (Å²) < 4.78 is 0. The van der Waals surface area contributed by atoms with Gasteiger partial charge in [-0.3, -0.25) is 14.9 Å². The van der Waals surface area contributed by atoms with Gasteiger partial charge in [-0.2, -0.15) is 0 Å². The summed E-state index contributed by atoms with van der Waals surface area (Å²) in [6, 6.07) is 0. The first kappa shape index (κ1) is 11.2. The maximum Gasteiger partial charge on any atom is 0.229 e. The second-order valence-corrected chi connectivity index (χ2v) is 4.15. The van der Waals surface area contributed by atoms with E-state index in [9.17, 15) is 9.59 Å². The summed E-state index contributed by atoms with van der Waals surface area (Å²) in [7, 11) is 0. The van der Waals surface area contributed by atoms with Crippen molar-refractivity contribution in [3.8, 4) is 0 Å². The molecule has 1 fully saturated rings. The van der Waals surface area contributed by atoms with E-state index in [-0.39, 0.29) is 23.7 Å². The van der Waals surface area contributed by atoms with Crippen molar-refractivity contribution < 1.29 is 9.59 Å². The molecule has 2 unspecified atom stereocenters. The van der Waals surface area contributed by atoms with Gasteiger partial charge in [0, 0.05) is 12.3 Å². The Morgan fingerprint density at radius 2 is 1.93 bits per heavy atom. The molecule has 2 amide bonds. The molecular formula is C11H19NO2. The molecule has 0 spiro atoms. The summed E-state index contributed by atoms with van der Waals surface area (Å²) in [5, 5.41) is 2.38. The minimum Gasteiger partial charge on any atom is -0.296 e. The van der Waals surface area contributed by atoms with Crippen LogP contribution in [0.5, 0.6) is 0 Å². The van der Waals surface area contributed by atoms with Gasteiger partial charge in [0.1, 0.15) is 0 Å². The van der Waals surface area contributed by atoms with Crippen LogP contribution in [0, 0.1) is 17.8 Å². The van der Waals surface area contributed by atoms with Gasteiger partial charge >= 0.3 is 0 Å². The van der Waals surface area contributed by atoms with Crippen molar-refractivity contribution in [2.45, 2.75) is 40.0 Å². The summed E-state index contributed by atoms with van der Waals surface area (Å²) >= 11 is 0. The summed E-state index contributed by atoms with van der Waals surface area (Å²) in [5.74, 6) is 0.520. The number of hydrogen-bond acceptors (Lipinski definition) is 2. The Labute approximate surface area is 85.3 Å². The van der Waals surface area contributed by atoms with Gasteiger partial charge in [-0.1, -0.05) is 33.6 Å². The Morgan fingerprint density at radius 1 is 1.36 bits per heavy atom. The molecule has 0 saturated carbocycles. The van der Waals surface area contributed by atoms with Gasteiger partial charge in [-0.25, -0.2) is 0 Å². The lowest BCUT2D eigenvalue weighted by Gasteiger charge is -2.32. The molecular weight excluding hydrogens is 178 g/mol. The van der Waals surface area contributed by atoms with E-state index in [1.807, 2.05) is 6.92 Å². The zero-order chi connectivity index (χ0) is 10.7. The van der Waals surface area contributed by atoms with Crippen LogP contribution in [0.3, 0.4) is 0 Å². The molecule has 1 heterocycles. The number of piperidine rings is 1. The quantitative estimate of drug-likeness (QED) is 0.700. The van der Waals surface area contributed by atoms with E-state index in [1.165, 1.54) is 0 Å². The molecule has 0 aromatic carbocycles. The molecule has 80 valence electrons. The predicted molar refractivity (Wildman–Crippen MR) is 54.5 cm³/mol. The van der Waals surface area contributed by atoms with E-state index in [4.69, 9.17) is 0 Å². The molecule has 1 saturated heterocycles. The lowest BCUT2D eigenvalue weighted by Crippen LogP contribution is -2.46. The van der Waals surface area contributed by atoms with Crippen molar-refractivity contribution in [1.29, 1.82) is 0 Å². The van der Waals surface area contributed by atoms with Gasteiger partial charge in [0.05, 0.1) is 0 Å². The van der Waals surface area contributed by atoms with Gasteiger partial charge in [-0.05, 0) is 11.8 Å². The normalized spacial score (nSPS) is 28.0. The molecule has 0 radical (unpaired) electrons. The van der Waals surface area contributed by atoms with Gasteiger partial charge < -0.3 is 0 Å². The average molecular weight is 197 g/mol. The third kappa shape index (κ3) is 2.14. The summed E-state index contributed by atoms with van der Waals surface area (Å²) in [6.07, 6.45) is 2.61. The van der Waals surface area contributed by atoms with E-state index < -0.39 is 0 Å². The molecule has 3 nitrogen and oxygen atoms in total. The molecule has 0 aliphatic carbocycles. The zero-order valence-electron chi connectivity index (χ0n) is 9.17. The highest BCUT2D eigenvalue weighted by Gasteiger charge is 2.35. The standard InChI is InChI=1S/C11H19NO2/c1-4-8(5-2)9-6-10(13)12-11(14)7(9)3/h7-9H,4-6H2,1-3H3,(H,12,13,14). The van der Waals surface area contributed by atoms with Crippen molar-refractivity contribution in [2.75, 3.05) is 0 Å². The second-order valence-electron chi connectivity index (χ2n) is 4.15. The number of rotatable bonds is 3. The topological polar surface area (TPSA) is 46.2 Å². The molecule has 0 bridgehead atoms. The fourth-order valence-electron chi connectivity index (χ4n) is 2.36. The Morgan fingerprint density at radius 3 is 2.43 bits per heavy atom. The minimum atomic E-state index is -0.106. The van der Waals surface area contributed by atoms with Crippen LogP contribution in [0.2, 0.25) is 0 Å². The van der Waals surface area contributed by atoms with E-state index in [0.29, 0.717) is 12.3 Å². The van der Waals surface area contributed by atoms with Gasteiger partial charge in [0.25, 0.3) is 0 Å². The maximum atomic E-state index is 11.4. The van der Waals surface area contributed by atoms with Crippen LogP contribution in [0.15, 0.2) is 0 Å². The molecule has 1 aliphatic heterocycles. The molecule has 0 aromatic rings.